The number of nitriles is 1. The summed E-state index contributed by atoms with van der Waals surface area (Å²) in [5.74, 6) is -1.38. The van der Waals surface area contributed by atoms with E-state index < -0.39 is 11.7 Å². The molecule has 0 saturated carbocycles. The first-order chi connectivity index (χ1) is 10.5. The summed E-state index contributed by atoms with van der Waals surface area (Å²) in [4.78, 5) is 24.7. The Morgan fingerprint density at radius 2 is 2.00 bits per heavy atom. The second-order valence-corrected chi connectivity index (χ2v) is 5.22. The van der Waals surface area contributed by atoms with Crippen LogP contribution in [-0.2, 0) is 11.2 Å². The summed E-state index contributed by atoms with van der Waals surface area (Å²) in [7, 11) is 0. The van der Waals surface area contributed by atoms with Crippen LogP contribution < -0.4 is 0 Å². The molecule has 1 atom stereocenters. The molecule has 0 amide bonds. The van der Waals surface area contributed by atoms with Gasteiger partial charge in [0.2, 0.25) is 0 Å². The van der Waals surface area contributed by atoms with E-state index >= 15 is 0 Å². The third-order valence-electron chi connectivity index (χ3n) is 3.78. The van der Waals surface area contributed by atoms with Crippen molar-refractivity contribution < 1.29 is 14.0 Å². The van der Waals surface area contributed by atoms with Crippen LogP contribution in [0.2, 0.25) is 0 Å². The fourth-order valence-corrected chi connectivity index (χ4v) is 2.30. The predicted molar refractivity (Wildman–Crippen MR) is 81.4 cm³/mol. The predicted octanol–water partition coefficient (Wildman–Crippen LogP) is 3.42. The minimum atomic E-state index is -1.25. The smallest absolute Gasteiger partial charge is 0.187 e. The van der Waals surface area contributed by atoms with Crippen LogP contribution in [0.25, 0.3) is 0 Å². The molecule has 0 aliphatic heterocycles. The highest BCUT2D eigenvalue weighted by molar-refractivity contribution is 6.13. The minimum absolute atomic E-state index is 0.113. The van der Waals surface area contributed by atoms with Crippen LogP contribution >= 0.6 is 0 Å². The lowest BCUT2D eigenvalue weighted by atomic mass is 9.89. The lowest BCUT2D eigenvalue weighted by molar-refractivity contribution is -0.120. The largest absolute Gasteiger partial charge is 0.469 e. The van der Waals surface area contributed by atoms with Gasteiger partial charge in [-0.1, -0.05) is 18.2 Å². The van der Waals surface area contributed by atoms with Crippen molar-refractivity contribution in [3.63, 3.8) is 0 Å². The summed E-state index contributed by atoms with van der Waals surface area (Å²) in [5.41, 5.74) is 2.22. The van der Waals surface area contributed by atoms with E-state index in [0.717, 1.165) is 11.1 Å². The van der Waals surface area contributed by atoms with Gasteiger partial charge in [0.1, 0.15) is 5.76 Å². The molecule has 0 bridgehead atoms. The molecule has 1 heterocycles. The Labute approximate surface area is 129 Å². The molecule has 4 heteroatoms. The zero-order valence-electron chi connectivity index (χ0n) is 12.6. The van der Waals surface area contributed by atoms with Crippen molar-refractivity contribution in [1.82, 2.24) is 0 Å². The van der Waals surface area contributed by atoms with Gasteiger partial charge in [-0.05, 0) is 37.1 Å². The zero-order chi connectivity index (χ0) is 16.1. The van der Waals surface area contributed by atoms with Crippen molar-refractivity contribution in [2.75, 3.05) is 0 Å². The first-order valence-electron chi connectivity index (χ1n) is 7.09. The van der Waals surface area contributed by atoms with Crippen molar-refractivity contribution in [3.05, 3.63) is 59.0 Å². The molecule has 0 aliphatic carbocycles. The van der Waals surface area contributed by atoms with Crippen LogP contribution in [0, 0.1) is 31.1 Å². The van der Waals surface area contributed by atoms with E-state index in [1.807, 2.05) is 26.0 Å². The number of nitrogens with zero attached hydrogens (tertiary/aromatic N) is 1. The summed E-state index contributed by atoms with van der Waals surface area (Å²) in [6, 6.07) is 10.7. The molecule has 22 heavy (non-hydrogen) atoms. The van der Waals surface area contributed by atoms with Gasteiger partial charge in [0, 0.05) is 18.4 Å². The summed E-state index contributed by atoms with van der Waals surface area (Å²) >= 11 is 0. The quantitative estimate of drug-likeness (QED) is 0.604. The number of ketones is 2. The van der Waals surface area contributed by atoms with Crippen LogP contribution in [0.5, 0.6) is 0 Å². The Morgan fingerprint density at radius 3 is 2.64 bits per heavy atom. The van der Waals surface area contributed by atoms with Gasteiger partial charge in [-0.15, -0.1) is 0 Å². The normalized spacial score (nSPS) is 11.7. The van der Waals surface area contributed by atoms with E-state index in [4.69, 9.17) is 4.42 Å². The van der Waals surface area contributed by atoms with Crippen LogP contribution in [0.3, 0.4) is 0 Å². The van der Waals surface area contributed by atoms with Crippen LogP contribution in [-0.4, -0.2) is 11.6 Å². The summed E-state index contributed by atoms with van der Waals surface area (Å²) in [6.45, 7) is 3.72. The van der Waals surface area contributed by atoms with Crippen molar-refractivity contribution in [2.24, 2.45) is 5.92 Å². The molecule has 2 rings (SSSR count). The second-order valence-electron chi connectivity index (χ2n) is 5.22. The Morgan fingerprint density at radius 1 is 1.23 bits per heavy atom. The van der Waals surface area contributed by atoms with Gasteiger partial charge >= 0.3 is 0 Å². The number of carbonyl (C=O) groups excluding carboxylic acids is 2. The van der Waals surface area contributed by atoms with Gasteiger partial charge in [0.05, 0.1) is 12.3 Å². The zero-order valence-corrected chi connectivity index (χ0v) is 12.6. The van der Waals surface area contributed by atoms with E-state index in [1.165, 1.54) is 6.26 Å². The van der Waals surface area contributed by atoms with E-state index in [-0.39, 0.29) is 12.2 Å². The van der Waals surface area contributed by atoms with E-state index in [2.05, 4.69) is 0 Å². The molecule has 2 aromatic rings. The topological polar surface area (TPSA) is 71.1 Å². The third-order valence-corrected chi connectivity index (χ3v) is 3.78. The SMILES string of the molecule is Cc1cccc(C(=O)[C@@H](C#N)C(=O)CCc2ccco2)c1C. The number of benzene rings is 1. The lowest BCUT2D eigenvalue weighted by Crippen LogP contribution is -2.24. The number of hydrogen-bond donors (Lipinski definition) is 0. The minimum Gasteiger partial charge on any atom is -0.469 e. The number of carbonyl (C=O) groups is 2. The van der Waals surface area contributed by atoms with Gasteiger partial charge in [-0.3, -0.25) is 9.59 Å². The summed E-state index contributed by atoms with van der Waals surface area (Å²) in [5, 5.41) is 9.23. The molecule has 4 nitrogen and oxygen atoms in total. The highest BCUT2D eigenvalue weighted by atomic mass is 16.3. The molecule has 112 valence electrons. The molecule has 0 unspecified atom stereocenters. The molecular weight excluding hydrogens is 278 g/mol. The van der Waals surface area contributed by atoms with Gasteiger partial charge in [0.15, 0.2) is 17.5 Å². The highest BCUT2D eigenvalue weighted by Gasteiger charge is 2.28. The Bertz CT molecular complexity index is 723. The van der Waals surface area contributed by atoms with Gasteiger partial charge < -0.3 is 4.42 Å². The average molecular weight is 295 g/mol. The molecule has 0 N–H and O–H groups in total. The summed E-state index contributed by atoms with van der Waals surface area (Å²) in [6.07, 6.45) is 2.04. The molecule has 0 aliphatic rings. The van der Waals surface area contributed by atoms with E-state index in [1.54, 1.807) is 24.3 Å². The fourth-order valence-electron chi connectivity index (χ4n) is 2.30. The van der Waals surface area contributed by atoms with Crippen LogP contribution in [0.15, 0.2) is 41.0 Å². The molecule has 0 saturated heterocycles. The van der Waals surface area contributed by atoms with Crippen molar-refractivity contribution >= 4 is 11.6 Å². The molecule has 0 spiro atoms. The maximum atomic E-state index is 12.5. The molecule has 0 radical (unpaired) electrons. The maximum absolute atomic E-state index is 12.5. The number of furan rings is 1. The standard InChI is InChI=1S/C18H17NO3/c1-12-5-3-7-15(13(12)2)18(21)16(11-19)17(20)9-8-14-6-4-10-22-14/h3-7,10,16H,8-9H2,1-2H3/t16-/m0/s1. The van der Waals surface area contributed by atoms with Crippen molar-refractivity contribution in [2.45, 2.75) is 26.7 Å². The molecular formula is C18H17NO3. The van der Waals surface area contributed by atoms with Crippen LogP contribution in [0.1, 0.15) is 33.7 Å². The van der Waals surface area contributed by atoms with Gasteiger partial charge in [0.25, 0.3) is 0 Å². The van der Waals surface area contributed by atoms with Gasteiger partial charge in [-0.25, -0.2) is 0 Å². The van der Waals surface area contributed by atoms with E-state index in [9.17, 15) is 14.9 Å². The Balaban J connectivity index is 2.13. The molecule has 1 aromatic carbocycles. The number of Topliss-reactive ketones (excluding diaryl/α,β-unsaturated/α-hetero) is 2. The second kappa shape index (κ2) is 6.86. The van der Waals surface area contributed by atoms with E-state index in [0.29, 0.717) is 17.7 Å². The lowest BCUT2D eigenvalue weighted by Gasteiger charge is -2.11. The molecule has 1 aromatic heterocycles. The van der Waals surface area contributed by atoms with Crippen molar-refractivity contribution in [1.29, 1.82) is 5.26 Å². The molecule has 0 fully saturated rings. The monoisotopic (exact) mass is 295 g/mol. The first kappa shape index (κ1) is 15.7. The average Bonchev–Trinajstić information content (AvgIpc) is 3.02. The number of rotatable bonds is 6. The Kier molecular flexibility index (Phi) is 4.90. The highest BCUT2D eigenvalue weighted by Crippen LogP contribution is 2.19. The fraction of sp³-hybridized carbons (Fsp3) is 0.278. The summed E-state index contributed by atoms with van der Waals surface area (Å²) < 4.78 is 5.16. The first-order valence-corrected chi connectivity index (χ1v) is 7.09. The Hall–Kier alpha value is -2.67. The third kappa shape index (κ3) is 3.32. The number of hydrogen-bond acceptors (Lipinski definition) is 4. The number of aryl methyl sites for hydroxylation is 2. The van der Waals surface area contributed by atoms with Crippen LogP contribution in [0.4, 0.5) is 0 Å². The maximum Gasteiger partial charge on any atom is 0.187 e. The van der Waals surface area contributed by atoms with Gasteiger partial charge in [-0.2, -0.15) is 5.26 Å². The van der Waals surface area contributed by atoms with Crippen molar-refractivity contribution in [3.8, 4) is 6.07 Å².